The van der Waals surface area contributed by atoms with E-state index in [1.165, 1.54) is 0 Å². The summed E-state index contributed by atoms with van der Waals surface area (Å²) in [6, 6.07) is 1.43. The second-order valence-corrected chi connectivity index (χ2v) is 5.52. The lowest BCUT2D eigenvalue weighted by molar-refractivity contribution is 0.0378. The molecule has 0 spiro atoms. The van der Waals surface area contributed by atoms with Crippen molar-refractivity contribution in [3.05, 3.63) is 57.9 Å². The van der Waals surface area contributed by atoms with Gasteiger partial charge in [-0.2, -0.15) is 0 Å². The number of carbonyl (C=O) groups excluding carboxylic acids is 1. The molecule has 0 saturated carbocycles. The Morgan fingerprint density at radius 3 is 2.17 bits per heavy atom. The maximum atomic E-state index is 14.0. The van der Waals surface area contributed by atoms with Crippen molar-refractivity contribution in [3.8, 4) is 11.1 Å². The van der Waals surface area contributed by atoms with Crippen molar-refractivity contribution >= 4 is 17.6 Å². The lowest BCUT2D eigenvalue weighted by atomic mass is 10.0. The second-order valence-electron chi connectivity index (χ2n) is 5.11. The van der Waals surface area contributed by atoms with Crippen molar-refractivity contribution in [3.63, 3.8) is 0 Å². The van der Waals surface area contributed by atoms with Crippen LogP contribution in [0.2, 0.25) is 5.02 Å². The zero-order chi connectivity index (χ0) is 18.2. The molecule has 0 saturated heterocycles. The summed E-state index contributed by atoms with van der Waals surface area (Å²) in [4.78, 5) is 11.9. The van der Waals surface area contributed by atoms with E-state index in [4.69, 9.17) is 16.3 Å². The largest absolute Gasteiger partial charge is 0.459 e. The zero-order valence-corrected chi connectivity index (χ0v) is 13.1. The first kappa shape index (κ1) is 18.2. The molecule has 0 fully saturated rings. The van der Waals surface area contributed by atoms with Gasteiger partial charge in [-0.25, -0.2) is 26.7 Å². The molecule has 2 aromatic carbocycles. The first-order valence-corrected chi connectivity index (χ1v) is 7.04. The number of carbonyl (C=O) groups is 1. The van der Waals surface area contributed by atoms with E-state index >= 15 is 0 Å². The van der Waals surface area contributed by atoms with E-state index in [1.54, 1.807) is 13.8 Å². The van der Waals surface area contributed by atoms with Crippen molar-refractivity contribution in [2.24, 2.45) is 0 Å². The SMILES string of the molecule is CC(C)OC(=O)c1cc(-c2c(F)cc(F)c(F)c2F)c(F)cc1Cl. The van der Waals surface area contributed by atoms with Crippen molar-refractivity contribution in [1.82, 2.24) is 0 Å². The average molecular weight is 365 g/mol. The number of esters is 1. The maximum absolute atomic E-state index is 14.0. The molecule has 0 aliphatic rings. The van der Waals surface area contributed by atoms with E-state index in [-0.39, 0.29) is 16.7 Å². The highest BCUT2D eigenvalue weighted by Gasteiger charge is 2.25. The second kappa shape index (κ2) is 6.76. The molecular formula is C16H10ClF5O2. The fraction of sp³-hybridized carbons (Fsp3) is 0.188. The van der Waals surface area contributed by atoms with Gasteiger partial charge in [-0.15, -0.1) is 0 Å². The third kappa shape index (κ3) is 3.36. The Labute approximate surface area is 138 Å². The molecule has 0 bridgehead atoms. The molecule has 0 aromatic heterocycles. The standard InChI is InChI=1S/C16H10ClF5O2/c1-6(2)24-16(23)7-3-8(10(18)4-9(7)17)13-11(19)5-12(20)14(21)15(13)22/h3-6H,1-2H3. The highest BCUT2D eigenvalue weighted by molar-refractivity contribution is 6.33. The number of hydrogen-bond donors (Lipinski definition) is 0. The quantitative estimate of drug-likeness (QED) is 0.321. The fourth-order valence-electron chi connectivity index (χ4n) is 1.99. The molecule has 2 nitrogen and oxygen atoms in total. The van der Waals surface area contributed by atoms with Gasteiger partial charge in [-0.05, 0) is 26.0 Å². The molecule has 0 radical (unpaired) electrons. The Bertz CT molecular complexity index is 821. The van der Waals surface area contributed by atoms with Crippen LogP contribution in [-0.4, -0.2) is 12.1 Å². The Morgan fingerprint density at radius 2 is 1.58 bits per heavy atom. The molecule has 128 valence electrons. The summed E-state index contributed by atoms with van der Waals surface area (Å²) in [5.41, 5.74) is -2.31. The molecule has 0 unspecified atom stereocenters. The first-order valence-electron chi connectivity index (χ1n) is 6.66. The van der Waals surface area contributed by atoms with E-state index in [1.807, 2.05) is 0 Å². The Morgan fingerprint density at radius 1 is 0.958 bits per heavy atom. The lowest BCUT2D eigenvalue weighted by Gasteiger charge is -2.13. The number of halogens is 6. The van der Waals surface area contributed by atoms with Gasteiger partial charge in [0.25, 0.3) is 0 Å². The predicted octanol–water partition coefficient (Wildman–Crippen LogP) is 5.27. The van der Waals surface area contributed by atoms with Gasteiger partial charge in [0.1, 0.15) is 11.6 Å². The zero-order valence-electron chi connectivity index (χ0n) is 12.4. The van der Waals surface area contributed by atoms with Gasteiger partial charge < -0.3 is 4.74 Å². The maximum Gasteiger partial charge on any atom is 0.339 e. The molecule has 0 aliphatic heterocycles. The van der Waals surface area contributed by atoms with Gasteiger partial charge in [0, 0.05) is 11.6 Å². The molecule has 0 aliphatic carbocycles. The van der Waals surface area contributed by atoms with Gasteiger partial charge in [0.2, 0.25) is 0 Å². The van der Waals surface area contributed by atoms with Crippen LogP contribution in [0.3, 0.4) is 0 Å². The third-order valence-corrected chi connectivity index (χ3v) is 3.32. The Balaban J connectivity index is 2.69. The van der Waals surface area contributed by atoms with E-state index in [0.29, 0.717) is 6.07 Å². The van der Waals surface area contributed by atoms with Gasteiger partial charge in [0.15, 0.2) is 17.5 Å². The first-order chi connectivity index (χ1) is 11.1. The highest BCUT2D eigenvalue weighted by Crippen LogP contribution is 2.34. The normalized spacial score (nSPS) is 11.0. The van der Waals surface area contributed by atoms with Crippen LogP contribution in [0.15, 0.2) is 18.2 Å². The Kier molecular flexibility index (Phi) is 5.13. The smallest absolute Gasteiger partial charge is 0.339 e. The third-order valence-electron chi connectivity index (χ3n) is 3.00. The van der Waals surface area contributed by atoms with Gasteiger partial charge in [-0.1, -0.05) is 11.6 Å². The van der Waals surface area contributed by atoms with E-state index in [0.717, 1.165) is 6.07 Å². The van der Waals surface area contributed by atoms with Gasteiger partial charge in [-0.3, -0.25) is 0 Å². The van der Waals surface area contributed by atoms with Crippen LogP contribution in [-0.2, 0) is 4.74 Å². The summed E-state index contributed by atoms with van der Waals surface area (Å²) in [5.74, 6) is -9.35. The lowest BCUT2D eigenvalue weighted by Crippen LogP contribution is -2.12. The fourth-order valence-corrected chi connectivity index (χ4v) is 2.22. The van der Waals surface area contributed by atoms with Crippen molar-refractivity contribution in [1.29, 1.82) is 0 Å². The van der Waals surface area contributed by atoms with Gasteiger partial charge >= 0.3 is 5.97 Å². The highest BCUT2D eigenvalue weighted by atomic mass is 35.5. The minimum atomic E-state index is -1.97. The number of ether oxygens (including phenoxy) is 1. The molecule has 0 atom stereocenters. The summed E-state index contributed by atoms with van der Waals surface area (Å²) in [5, 5.41) is -0.356. The topological polar surface area (TPSA) is 26.3 Å². The van der Waals surface area contributed by atoms with Crippen molar-refractivity contribution in [2.75, 3.05) is 0 Å². The minimum Gasteiger partial charge on any atom is -0.459 e. The molecule has 24 heavy (non-hydrogen) atoms. The minimum absolute atomic E-state index is 0.0773. The molecule has 8 heteroatoms. The van der Waals surface area contributed by atoms with E-state index in [9.17, 15) is 26.7 Å². The van der Waals surface area contributed by atoms with E-state index in [2.05, 4.69) is 0 Å². The molecular weight excluding hydrogens is 355 g/mol. The van der Waals surface area contributed by atoms with Gasteiger partial charge in [0.05, 0.1) is 22.3 Å². The molecule has 2 rings (SSSR count). The number of hydrogen-bond acceptors (Lipinski definition) is 2. The average Bonchev–Trinajstić information content (AvgIpc) is 2.46. The van der Waals surface area contributed by atoms with Crippen LogP contribution in [0, 0.1) is 29.1 Å². The van der Waals surface area contributed by atoms with Crippen LogP contribution >= 0.6 is 11.6 Å². The van der Waals surface area contributed by atoms with Crippen LogP contribution in [0.1, 0.15) is 24.2 Å². The van der Waals surface area contributed by atoms with E-state index < -0.39 is 52.3 Å². The molecule has 0 amide bonds. The summed E-state index contributed by atoms with van der Waals surface area (Å²) in [6.45, 7) is 3.09. The van der Waals surface area contributed by atoms with Crippen LogP contribution < -0.4 is 0 Å². The summed E-state index contributed by atoms with van der Waals surface area (Å²) >= 11 is 5.74. The van der Waals surface area contributed by atoms with Crippen LogP contribution in [0.5, 0.6) is 0 Å². The summed E-state index contributed by atoms with van der Waals surface area (Å²) in [6.07, 6.45) is -0.529. The predicted molar refractivity (Wildman–Crippen MR) is 77.2 cm³/mol. The molecule has 0 N–H and O–H groups in total. The van der Waals surface area contributed by atoms with Crippen LogP contribution in [0.4, 0.5) is 22.0 Å². The number of benzene rings is 2. The number of rotatable bonds is 3. The van der Waals surface area contributed by atoms with Crippen molar-refractivity contribution in [2.45, 2.75) is 20.0 Å². The molecule has 2 aromatic rings. The van der Waals surface area contributed by atoms with Crippen molar-refractivity contribution < 1.29 is 31.5 Å². The summed E-state index contributed by atoms with van der Waals surface area (Å²) in [7, 11) is 0. The monoisotopic (exact) mass is 364 g/mol. The molecule has 0 heterocycles. The van der Waals surface area contributed by atoms with Crippen LogP contribution in [0.25, 0.3) is 11.1 Å². The summed E-state index contributed by atoms with van der Waals surface area (Å²) < 4.78 is 73.0. The Hall–Kier alpha value is -2.15.